The Morgan fingerprint density at radius 2 is 1.94 bits per heavy atom. The summed E-state index contributed by atoms with van der Waals surface area (Å²) in [4.78, 5) is 63.2. The number of aromatic nitrogens is 2. The standard InChI is InChI=1S/C26H42N5O18P/c1-44-6-7-45-5-3-28-17(36)8-18(37)30-19-13(34)9-26(12-33,48-23(19)20(38)14(35)10-32)49-50(42,43)46-11-15-21(39)22(40)24(47-15)31-4-2-16(27)29-25(31)41/h2,4,12-15,19-24,32,34-35,38-40H,3,5-11H2,1H3,(H,28,36)(H,30,37)(H,42,43)(H2,27,29,41)/t13-,14-,15?,19-,20-,21-,22-,23?,24?,26-/m1/s1. The number of amides is 2. The van der Waals surface area contributed by atoms with Crippen LogP contribution in [-0.4, -0.2) is 164 Å². The molecule has 24 heteroatoms. The van der Waals surface area contributed by atoms with Crippen LogP contribution in [-0.2, 0) is 46.9 Å². The number of ether oxygens (including phenoxy) is 4. The van der Waals surface area contributed by atoms with Crippen molar-refractivity contribution in [2.24, 2.45) is 0 Å². The summed E-state index contributed by atoms with van der Waals surface area (Å²) in [6.45, 7) is -1.28. The molecule has 0 bridgehead atoms. The lowest BCUT2D eigenvalue weighted by Gasteiger charge is -2.46. The number of hydrogen-bond acceptors (Lipinski definition) is 19. The van der Waals surface area contributed by atoms with Gasteiger partial charge < -0.3 is 70.8 Å². The molecule has 284 valence electrons. The Bertz CT molecular complexity index is 1410. The molecule has 4 unspecified atom stereocenters. The molecule has 3 heterocycles. The predicted octanol–water partition coefficient (Wildman–Crippen LogP) is -6.01. The van der Waals surface area contributed by atoms with Gasteiger partial charge in [-0.2, -0.15) is 4.98 Å². The van der Waals surface area contributed by atoms with Crippen LogP contribution < -0.4 is 22.1 Å². The van der Waals surface area contributed by atoms with Gasteiger partial charge in [0, 0.05) is 26.3 Å². The molecule has 2 aliphatic rings. The lowest BCUT2D eigenvalue weighted by atomic mass is 9.89. The van der Waals surface area contributed by atoms with Crippen molar-refractivity contribution in [1.29, 1.82) is 0 Å². The molecule has 0 radical (unpaired) electrons. The number of aldehydes is 1. The van der Waals surface area contributed by atoms with Gasteiger partial charge in [0.2, 0.25) is 17.6 Å². The smallest absolute Gasteiger partial charge is 0.394 e. The number of carbonyl (C=O) groups excluding carboxylic acids is 3. The first-order valence-corrected chi connectivity index (χ1v) is 16.5. The number of rotatable bonds is 19. The Balaban J connectivity index is 1.67. The number of nitrogens with two attached hydrogens (primary N) is 1. The van der Waals surface area contributed by atoms with E-state index >= 15 is 0 Å². The normalized spacial score (nSPS) is 30.6. The zero-order valence-electron chi connectivity index (χ0n) is 26.6. The van der Waals surface area contributed by atoms with E-state index in [0.29, 0.717) is 6.61 Å². The molecule has 0 spiro atoms. The monoisotopic (exact) mass is 743 g/mol. The van der Waals surface area contributed by atoms with Crippen LogP contribution in [0.5, 0.6) is 0 Å². The number of aliphatic hydroxyl groups excluding tert-OH is 6. The number of hydrogen-bond donors (Lipinski definition) is 10. The number of nitrogens with one attached hydrogen (secondary N) is 2. The molecular formula is C26H42N5O18P. The second-order valence-electron chi connectivity index (χ2n) is 11.2. The maximum atomic E-state index is 13.0. The molecule has 1 aromatic rings. The first-order valence-electron chi connectivity index (χ1n) is 15.0. The van der Waals surface area contributed by atoms with Crippen molar-refractivity contribution in [1.82, 2.24) is 20.2 Å². The van der Waals surface area contributed by atoms with Crippen LogP contribution in [0.2, 0.25) is 0 Å². The zero-order valence-corrected chi connectivity index (χ0v) is 27.5. The van der Waals surface area contributed by atoms with E-state index in [1.54, 1.807) is 0 Å². The summed E-state index contributed by atoms with van der Waals surface area (Å²) in [6.07, 6.45) is -15.5. The molecule has 2 saturated heterocycles. The highest BCUT2D eigenvalue weighted by Gasteiger charge is 2.55. The van der Waals surface area contributed by atoms with E-state index < -0.39 is 112 Å². The van der Waals surface area contributed by atoms with Gasteiger partial charge in [0.15, 0.2) is 12.5 Å². The molecule has 0 saturated carbocycles. The van der Waals surface area contributed by atoms with Gasteiger partial charge >= 0.3 is 13.5 Å². The molecule has 50 heavy (non-hydrogen) atoms. The summed E-state index contributed by atoms with van der Waals surface area (Å²) in [5, 5.41) is 66.5. The van der Waals surface area contributed by atoms with Crippen molar-refractivity contribution < 1.29 is 82.5 Å². The number of anilines is 1. The van der Waals surface area contributed by atoms with E-state index in [4.69, 9.17) is 33.7 Å². The van der Waals surface area contributed by atoms with Gasteiger partial charge in [-0.3, -0.25) is 23.5 Å². The van der Waals surface area contributed by atoms with Crippen LogP contribution in [0.25, 0.3) is 0 Å². The molecule has 2 amide bonds. The number of aliphatic hydroxyl groups is 6. The molecule has 0 aromatic carbocycles. The number of phosphoric acid groups is 1. The molecule has 2 aliphatic heterocycles. The second kappa shape index (κ2) is 18.5. The van der Waals surface area contributed by atoms with Gasteiger partial charge in [-0.1, -0.05) is 0 Å². The highest BCUT2D eigenvalue weighted by Crippen LogP contribution is 2.50. The molecule has 11 N–H and O–H groups in total. The van der Waals surface area contributed by atoms with Gasteiger partial charge in [0.05, 0.1) is 45.2 Å². The zero-order chi connectivity index (χ0) is 37.2. The Morgan fingerprint density at radius 1 is 1.22 bits per heavy atom. The van der Waals surface area contributed by atoms with Crippen LogP contribution in [0.15, 0.2) is 17.1 Å². The quantitative estimate of drug-likeness (QED) is 0.0273. The van der Waals surface area contributed by atoms with Crippen molar-refractivity contribution in [2.45, 2.75) is 73.6 Å². The Kier molecular flexibility index (Phi) is 15.3. The number of methoxy groups -OCH3 is 1. The van der Waals surface area contributed by atoms with Crippen molar-refractivity contribution >= 4 is 31.7 Å². The fraction of sp³-hybridized carbons (Fsp3) is 0.731. The van der Waals surface area contributed by atoms with E-state index in [2.05, 4.69) is 15.6 Å². The summed E-state index contributed by atoms with van der Waals surface area (Å²) in [7, 11) is -3.96. The average Bonchev–Trinajstić information content (AvgIpc) is 3.34. The average molecular weight is 744 g/mol. The Hall–Kier alpha value is -3.00. The Morgan fingerprint density at radius 3 is 2.58 bits per heavy atom. The second-order valence-corrected chi connectivity index (χ2v) is 12.6. The third kappa shape index (κ3) is 11.0. The largest absolute Gasteiger partial charge is 0.475 e. The third-order valence-electron chi connectivity index (χ3n) is 7.48. The number of nitrogen functional groups attached to an aromatic ring is 1. The minimum atomic E-state index is -5.44. The van der Waals surface area contributed by atoms with Crippen LogP contribution in [0, 0.1) is 0 Å². The summed E-state index contributed by atoms with van der Waals surface area (Å²) >= 11 is 0. The van der Waals surface area contributed by atoms with Crippen LogP contribution in [0.4, 0.5) is 5.82 Å². The van der Waals surface area contributed by atoms with Gasteiger partial charge in [-0.15, -0.1) is 0 Å². The van der Waals surface area contributed by atoms with Crippen LogP contribution in [0.3, 0.4) is 0 Å². The van der Waals surface area contributed by atoms with E-state index in [1.807, 2.05) is 0 Å². The highest BCUT2D eigenvalue weighted by atomic mass is 31.2. The third-order valence-corrected chi connectivity index (χ3v) is 8.49. The molecule has 11 atom stereocenters. The number of carbonyl (C=O) groups is 3. The van der Waals surface area contributed by atoms with Gasteiger partial charge in [-0.05, 0) is 6.07 Å². The van der Waals surface area contributed by atoms with Crippen molar-refractivity contribution in [3.63, 3.8) is 0 Å². The van der Waals surface area contributed by atoms with Crippen molar-refractivity contribution in [3.8, 4) is 0 Å². The molecule has 0 aliphatic carbocycles. The van der Waals surface area contributed by atoms with Gasteiger partial charge in [0.25, 0.3) is 0 Å². The fourth-order valence-corrected chi connectivity index (χ4v) is 5.93. The molecule has 23 nitrogen and oxygen atoms in total. The fourth-order valence-electron chi connectivity index (χ4n) is 4.99. The summed E-state index contributed by atoms with van der Waals surface area (Å²) < 4.78 is 44.5. The minimum absolute atomic E-state index is 0.0462. The molecule has 1 aromatic heterocycles. The maximum Gasteiger partial charge on any atom is 0.475 e. The molecular weight excluding hydrogens is 701 g/mol. The molecule has 3 rings (SSSR count). The number of phosphoric ester groups is 1. The van der Waals surface area contributed by atoms with E-state index in [9.17, 15) is 59.3 Å². The van der Waals surface area contributed by atoms with Gasteiger partial charge in [0.1, 0.15) is 48.9 Å². The number of nitrogens with zero attached hydrogens (tertiary/aromatic N) is 2. The highest BCUT2D eigenvalue weighted by molar-refractivity contribution is 7.47. The van der Waals surface area contributed by atoms with E-state index in [1.165, 1.54) is 13.2 Å². The van der Waals surface area contributed by atoms with Crippen molar-refractivity contribution in [2.75, 3.05) is 52.4 Å². The Labute approximate surface area is 283 Å². The van der Waals surface area contributed by atoms with Crippen LogP contribution in [0.1, 0.15) is 19.1 Å². The SMILES string of the molecule is COCCOCCNC(=O)CC(=O)N[C@H]1C([C@H](O)[C@H](O)CO)O[C@@](C=O)(OP(=O)(O)OCC2OC(n3ccc(N)nc3=O)[C@H](O)[C@@H]2O)C[C@H]1O. The lowest BCUT2D eigenvalue weighted by molar-refractivity contribution is -0.274. The van der Waals surface area contributed by atoms with Crippen molar-refractivity contribution in [3.05, 3.63) is 22.7 Å². The summed E-state index contributed by atoms with van der Waals surface area (Å²) in [5.74, 6) is -4.78. The van der Waals surface area contributed by atoms with E-state index in [0.717, 1.165) is 10.8 Å². The van der Waals surface area contributed by atoms with E-state index in [-0.39, 0.29) is 31.9 Å². The molecule has 2 fully saturated rings. The first-order chi connectivity index (χ1) is 23.6. The lowest BCUT2D eigenvalue weighted by Crippen LogP contribution is -2.66. The van der Waals surface area contributed by atoms with Crippen LogP contribution >= 0.6 is 7.82 Å². The first kappa shape index (κ1) is 41.4. The summed E-state index contributed by atoms with van der Waals surface area (Å²) in [5.41, 5.74) is 4.50. The minimum Gasteiger partial charge on any atom is -0.394 e. The predicted molar refractivity (Wildman–Crippen MR) is 161 cm³/mol. The topological polar surface area (TPSA) is 350 Å². The van der Waals surface area contributed by atoms with Gasteiger partial charge in [-0.25, -0.2) is 13.9 Å². The maximum absolute atomic E-state index is 13.0. The summed E-state index contributed by atoms with van der Waals surface area (Å²) in [6, 6.07) is -0.465.